The summed E-state index contributed by atoms with van der Waals surface area (Å²) in [5.41, 5.74) is 7.33. The molecule has 6 nitrogen and oxygen atoms in total. The third kappa shape index (κ3) is 5.80. The summed E-state index contributed by atoms with van der Waals surface area (Å²) in [6, 6.07) is 23.0. The Balaban J connectivity index is 0.000000165. The van der Waals surface area contributed by atoms with E-state index in [-0.39, 0.29) is 5.75 Å². The molecule has 0 radical (unpaired) electrons. The number of nitrogens with zero attached hydrogens (tertiary/aromatic N) is 4. The maximum Gasteiger partial charge on any atom is 0.165 e. The van der Waals surface area contributed by atoms with E-state index in [1.54, 1.807) is 19.2 Å². The molecule has 6 rings (SSSR count). The average molecular weight is 584 g/mol. The molecule has 6 aromatic rings. The normalized spacial score (nSPS) is 10.9. The van der Waals surface area contributed by atoms with Crippen LogP contribution in [0, 0.1) is 27.7 Å². The van der Waals surface area contributed by atoms with E-state index in [2.05, 4.69) is 19.9 Å². The number of fused-ring (bicyclic) bond motifs is 2. The smallest absolute Gasteiger partial charge is 0.165 e. The first-order valence-corrected chi connectivity index (χ1v) is 13.7. The highest BCUT2D eigenvalue weighted by Gasteiger charge is 2.15. The maximum absolute atomic E-state index is 10.0. The van der Waals surface area contributed by atoms with Gasteiger partial charge in [0.15, 0.2) is 11.6 Å². The first-order chi connectivity index (χ1) is 19.7. The number of phenols is 1. The fourth-order valence-corrected chi connectivity index (χ4v) is 5.15. The molecule has 0 aliphatic heterocycles. The van der Waals surface area contributed by atoms with Crippen molar-refractivity contribution in [2.45, 2.75) is 27.7 Å². The lowest BCUT2D eigenvalue weighted by Gasteiger charge is -2.11. The summed E-state index contributed by atoms with van der Waals surface area (Å²) < 4.78 is 5.43. The average Bonchev–Trinajstić information content (AvgIpc) is 2.92. The fraction of sp³-hybridized carbons (Fsp3) is 0.152. The van der Waals surface area contributed by atoms with Crippen LogP contribution in [0.5, 0.6) is 11.5 Å². The van der Waals surface area contributed by atoms with Gasteiger partial charge in [-0.1, -0.05) is 59.6 Å². The van der Waals surface area contributed by atoms with E-state index < -0.39 is 0 Å². The molecule has 0 unspecified atom stereocenters. The molecule has 1 N–H and O–H groups in total. The predicted molar refractivity (Wildman–Crippen MR) is 167 cm³/mol. The Morgan fingerprint density at radius 3 is 1.61 bits per heavy atom. The zero-order valence-corrected chi connectivity index (χ0v) is 24.8. The minimum Gasteiger partial charge on any atom is -0.507 e. The van der Waals surface area contributed by atoms with Crippen LogP contribution in [0.25, 0.3) is 44.6 Å². The Labute approximate surface area is 248 Å². The fourth-order valence-electron chi connectivity index (χ4n) is 4.67. The second-order valence-corrected chi connectivity index (χ2v) is 10.6. The topological polar surface area (TPSA) is 81.0 Å². The van der Waals surface area contributed by atoms with Crippen molar-refractivity contribution in [1.82, 2.24) is 19.9 Å². The summed E-state index contributed by atoms with van der Waals surface area (Å²) in [5.74, 6) is 1.95. The van der Waals surface area contributed by atoms with E-state index in [0.29, 0.717) is 27.5 Å². The summed E-state index contributed by atoms with van der Waals surface area (Å²) in [6.07, 6.45) is 0. The second-order valence-electron chi connectivity index (χ2n) is 9.84. The Hall–Kier alpha value is -4.26. The predicted octanol–water partition coefficient (Wildman–Crippen LogP) is 8.85. The van der Waals surface area contributed by atoms with Crippen LogP contribution >= 0.6 is 23.2 Å². The summed E-state index contributed by atoms with van der Waals surface area (Å²) in [6.45, 7) is 7.95. The van der Waals surface area contributed by atoms with Gasteiger partial charge >= 0.3 is 0 Å². The lowest BCUT2D eigenvalue weighted by atomic mass is 10.1. The minimum atomic E-state index is 0.160. The van der Waals surface area contributed by atoms with Crippen molar-refractivity contribution < 1.29 is 9.84 Å². The molecule has 0 spiro atoms. The van der Waals surface area contributed by atoms with Gasteiger partial charge in [-0.15, -0.1) is 0 Å². The molecule has 0 fully saturated rings. The lowest BCUT2D eigenvalue weighted by molar-refractivity contribution is 0.416. The summed E-state index contributed by atoms with van der Waals surface area (Å²) >= 11 is 12.6. The molecule has 0 saturated carbocycles. The van der Waals surface area contributed by atoms with Crippen LogP contribution in [-0.4, -0.2) is 32.2 Å². The summed E-state index contributed by atoms with van der Waals surface area (Å²) in [7, 11) is 1.64. The summed E-state index contributed by atoms with van der Waals surface area (Å²) in [4.78, 5) is 18.0. The molecule has 0 aliphatic rings. The molecule has 0 bridgehead atoms. The van der Waals surface area contributed by atoms with Gasteiger partial charge in [0, 0.05) is 10.8 Å². The van der Waals surface area contributed by atoms with Crippen LogP contribution in [0.15, 0.2) is 72.8 Å². The Bertz CT molecular complexity index is 1900. The van der Waals surface area contributed by atoms with Gasteiger partial charge in [0.25, 0.3) is 0 Å². The molecule has 0 atom stereocenters. The van der Waals surface area contributed by atoms with Crippen molar-refractivity contribution in [1.29, 1.82) is 0 Å². The number of halogens is 2. The lowest BCUT2D eigenvalue weighted by Crippen LogP contribution is -1.97. The van der Waals surface area contributed by atoms with Crippen LogP contribution in [-0.2, 0) is 0 Å². The minimum absolute atomic E-state index is 0.160. The Kier molecular flexibility index (Phi) is 8.06. The molecule has 41 heavy (non-hydrogen) atoms. The van der Waals surface area contributed by atoms with Crippen LogP contribution in [0.3, 0.4) is 0 Å². The highest BCUT2D eigenvalue weighted by atomic mass is 35.5. The molecule has 2 heterocycles. The van der Waals surface area contributed by atoms with E-state index >= 15 is 0 Å². The standard InChI is InChI=1S/C17H15ClN2O.C16H13ClN2O/c1-10-7-8-12-13(9-10)19-17(20-16(12)18)15-11(2)5-4-6-14(15)21-3;1-9-6-7-11-12(8-9)18-16(19-15(11)17)14-10(2)4-3-5-13(14)20/h4-9H,1-3H3;3-8,20H,1-2H3. The molecular formula is C33H28Cl2N4O2. The van der Waals surface area contributed by atoms with E-state index in [0.717, 1.165) is 55.4 Å². The molecule has 2 aromatic heterocycles. The van der Waals surface area contributed by atoms with E-state index in [1.165, 1.54) is 0 Å². The zero-order chi connectivity index (χ0) is 29.3. The molecule has 0 saturated heterocycles. The number of phenolic OH excluding ortho intramolecular Hbond substituents is 1. The first-order valence-electron chi connectivity index (χ1n) is 13.0. The van der Waals surface area contributed by atoms with Gasteiger partial charge in [0.1, 0.15) is 21.8 Å². The molecule has 8 heteroatoms. The van der Waals surface area contributed by atoms with Gasteiger partial charge in [-0.05, 0) is 86.3 Å². The molecule has 4 aromatic carbocycles. The third-order valence-corrected chi connectivity index (χ3v) is 7.34. The number of aromatic nitrogens is 4. The number of methoxy groups -OCH3 is 1. The van der Waals surface area contributed by atoms with Crippen LogP contribution in [0.2, 0.25) is 10.3 Å². The number of ether oxygens (including phenoxy) is 1. The number of aromatic hydroxyl groups is 1. The Morgan fingerprint density at radius 2 is 1.10 bits per heavy atom. The van der Waals surface area contributed by atoms with Crippen molar-refractivity contribution in [2.24, 2.45) is 0 Å². The van der Waals surface area contributed by atoms with Gasteiger partial charge in [-0.3, -0.25) is 0 Å². The van der Waals surface area contributed by atoms with Crippen molar-refractivity contribution >= 4 is 45.0 Å². The monoisotopic (exact) mass is 582 g/mol. The van der Waals surface area contributed by atoms with Crippen molar-refractivity contribution in [2.75, 3.05) is 7.11 Å². The first kappa shape index (κ1) is 28.3. The van der Waals surface area contributed by atoms with Crippen LogP contribution in [0.1, 0.15) is 22.3 Å². The zero-order valence-electron chi connectivity index (χ0n) is 23.3. The Morgan fingerprint density at radius 1 is 0.610 bits per heavy atom. The molecule has 206 valence electrons. The van der Waals surface area contributed by atoms with Gasteiger partial charge in [0.2, 0.25) is 0 Å². The number of rotatable bonds is 3. The number of aryl methyl sites for hydroxylation is 4. The number of benzene rings is 4. The quantitative estimate of drug-likeness (QED) is 0.210. The van der Waals surface area contributed by atoms with E-state index in [4.69, 9.17) is 27.9 Å². The van der Waals surface area contributed by atoms with Crippen molar-refractivity contribution in [3.63, 3.8) is 0 Å². The highest BCUT2D eigenvalue weighted by molar-refractivity contribution is 6.34. The van der Waals surface area contributed by atoms with E-state index in [9.17, 15) is 5.11 Å². The molecule has 0 aliphatic carbocycles. The van der Waals surface area contributed by atoms with Crippen LogP contribution < -0.4 is 4.74 Å². The van der Waals surface area contributed by atoms with Crippen LogP contribution in [0.4, 0.5) is 0 Å². The third-order valence-electron chi connectivity index (χ3n) is 6.76. The van der Waals surface area contributed by atoms with Crippen molar-refractivity contribution in [3.05, 3.63) is 105 Å². The highest BCUT2D eigenvalue weighted by Crippen LogP contribution is 2.34. The van der Waals surface area contributed by atoms with Crippen molar-refractivity contribution in [3.8, 4) is 34.3 Å². The molecule has 0 amide bonds. The number of hydrogen-bond acceptors (Lipinski definition) is 6. The van der Waals surface area contributed by atoms with Gasteiger partial charge in [-0.2, -0.15) is 0 Å². The number of hydrogen-bond donors (Lipinski definition) is 1. The maximum atomic E-state index is 10.0. The van der Waals surface area contributed by atoms with Gasteiger partial charge < -0.3 is 9.84 Å². The van der Waals surface area contributed by atoms with E-state index in [1.807, 2.05) is 88.4 Å². The molecular weight excluding hydrogens is 555 g/mol. The SMILES string of the molecule is COc1cccc(C)c1-c1nc(Cl)c2ccc(C)cc2n1.Cc1ccc2c(Cl)nc(-c3c(C)cccc3O)nc2c1. The largest absolute Gasteiger partial charge is 0.507 e. The van der Waals surface area contributed by atoms with Gasteiger partial charge in [0.05, 0.1) is 29.3 Å². The van der Waals surface area contributed by atoms with Gasteiger partial charge in [-0.25, -0.2) is 19.9 Å². The second kappa shape index (κ2) is 11.7. The summed E-state index contributed by atoms with van der Waals surface area (Å²) in [5, 5.41) is 12.6.